The number of ether oxygens (including phenoxy) is 1. The average Bonchev–Trinajstić information content (AvgIpc) is 2.53. The van der Waals surface area contributed by atoms with Crippen LogP contribution in [-0.4, -0.2) is 23.4 Å². The third kappa shape index (κ3) is 3.90. The normalized spacial score (nSPS) is 15.1. The van der Waals surface area contributed by atoms with Gasteiger partial charge in [0.1, 0.15) is 17.7 Å². The zero-order valence-corrected chi connectivity index (χ0v) is 13.7. The monoisotopic (exact) mass is 308 g/mol. The Balaban J connectivity index is 2.52. The molecule has 23 heavy (non-hydrogen) atoms. The highest BCUT2D eigenvalue weighted by Gasteiger charge is 2.29. The van der Waals surface area contributed by atoms with E-state index >= 15 is 0 Å². The fourth-order valence-electron chi connectivity index (χ4n) is 2.51. The lowest BCUT2D eigenvalue weighted by Crippen LogP contribution is -2.33. The maximum atomic E-state index is 9.16. The van der Waals surface area contributed by atoms with Crippen molar-refractivity contribution in [3.63, 3.8) is 0 Å². The number of nitrogens with zero attached hydrogens (tertiary/aromatic N) is 4. The third-order valence-corrected chi connectivity index (χ3v) is 3.56. The number of aliphatic imine (C=N–C) groups is 1. The van der Waals surface area contributed by atoms with Gasteiger partial charge < -0.3 is 9.64 Å². The second-order valence-electron chi connectivity index (χ2n) is 5.95. The van der Waals surface area contributed by atoms with Gasteiger partial charge in [0.15, 0.2) is 0 Å². The van der Waals surface area contributed by atoms with E-state index in [9.17, 15) is 0 Å². The zero-order chi connectivity index (χ0) is 16.9. The summed E-state index contributed by atoms with van der Waals surface area (Å²) < 4.78 is 5.99. The van der Waals surface area contributed by atoms with Crippen LogP contribution in [0.15, 0.2) is 29.3 Å². The van der Waals surface area contributed by atoms with Crippen molar-refractivity contribution in [1.82, 2.24) is 4.90 Å². The molecule has 0 N–H and O–H groups in total. The minimum atomic E-state index is -0.471. The molecule has 5 nitrogen and oxygen atoms in total. The molecule has 5 heteroatoms. The summed E-state index contributed by atoms with van der Waals surface area (Å²) >= 11 is 0. The highest BCUT2D eigenvalue weighted by molar-refractivity contribution is 5.81. The minimum Gasteiger partial charge on any atom is -0.483 e. The predicted molar refractivity (Wildman–Crippen MR) is 89.6 cm³/mol. The van der Waals surface area contributed by atoms with Crippen LogP contribution in [0.4, 0.5) is 0 Å². The SMILES string of the molecule is CCCCN(C=NC#N)C1=CC(C)(C)Oc2ccc(C#N)cc21. The quantitative estimate of drug-likeness (QED) is 0.472. The molecule has 0 unspecified atom stereocenters. The molecule has 118 valence electrons. The molecule has 0 spiro atoms. The molecular weight excluding hydrogens is 288 g/mol. The van der Waals surface area contributed by atoms with E-state index in [1.807, 2.05) is 37.0 Å². The van der Waals surface area contributed by atoms with Gasteiger partial charge in [-0.3, -0.25) is 0 Å². The molecule has 0 amide bonds. The van der Waals surface area contributed by atoms with E-state index in [-0.39, 0.29) is 0 Å². The van der Waals surface area contributed by atoms with Crippen molar-refractivity contribution in [2.24, 2.45) is 4.99 Å². The fourth-order valence-corrected chi connectivity index (χ4v) is 2.51. The van der Waals surface area contributed by atoms with Crippen LogP contribution < -0.4 is 4.74 Å². The number of fused-ring (bicyclic) bond motifs is 1. The molecular formula is C18H20N4O. The van der Waals surface area contributed by atoms with Crippen molar-refractivity contribution in [1.29, 1.82) is 10.5 Å². The largest absolute Gasteiger partial charge is 0.483 e. The first-order valence-corrected chi connectivity index (χ1v) is 7.66. The van der Waals surface area contributed by atoms with Gasteiger partial charge in [-0.2, -0.15) is 15.5 Å². The molecule has 1 heterocycles. The van der Waals surface area contributed by atoms with Crippen LogP contribution in [0.1, 0.15) is 44.7 Å². The standard InChI is InChI=1S/C18H20N4O/c1-4-5-8-22(13-21-12-20)16-10-18(2,3)23-17-7-6-14(11-19)9-15(16)17/h6-7,9-10,13H,4-5,8H2,1-3H3. The molecule has 1 aliphatic heterocycles. The molecule has 2 rings (SSSR count). The van der Waals surface area contributed by atoms with Gasteiger partial charge in [-0.15, -0.1) is 0 Å². The summed E-state index contributed by atoms with van der Waals surface area (Å²) in [5, 5.41) is 17.9. The smallest absolute Gasteiger partial charge is 0.207 e. The van der Waals surface area contributed by atoms with Gasteiger partial charge in [0.2, 0.25) is 6.19 Å². The highest BCUT2D eigenvalue weighted by atomic mass is 16.5. The van der Waals surface area contributed by atoms with Gasteiger partial charge in [-0.05, 0) is 44.5 Å². The molecule has 0 fully saturated rings. The number of rotatable bonds is 5. The van der Waals surface area contributed by atoms with Crippen LogP contribution in [0.2, 0.25) is 0 Å². The molecule has 0 radical (unpaired) electrons. The highest BCUT2D eigenvalue weighted by Crippen LogP contribution is 2.38. The summed E-state index contributed by atoms with van der Waals surface area (Å²) in [6, 6.07) is 7.54. The van der Waals surface area contributed by atoms with Crippen molar-refractivity contribution in [2.75, 3.05) is 6.54 Å². The Kier molecular flexibility index (Phi) is 5.03. The zero-order valence-electron chi connectivity index (χ0n) is 13.7. The Morgan fingerprint density at radius 1 is 1.35 bits per heavy atom. The first-order valence-electron chi connectivity index (χ1n) is 7.66. The third-order valence-electron chi connectivity index (χ3n) is 3.56. The Hall–Kier alpha value is -2.79. The van der Waals surface area contributed by atoms with Gasteiger partial charge >= 0.3 is 0 Å². The molecule has 1 aromatic rings. The van der Waals surface area contributed by atoms with E-state index in [0.29, 0.717) is 5.56 Å². The maximum absolute atomic E-state index is 9.16. The van der Waals surface area contributed by atoms with Gasteiger partial charge in [-0.25, -0.2) is 0 Å². The Labute approximate surface area is 137 Å². The van der Waals surface area contributed by atoms with Crippen molar-refractivity contribution >= 4 is 12.0 Å². The van der Waals surface area contributed by atoms with Crippen molar-refractivity contribution < 1.29 is 4.74 Å². The van der Waals surface area contributed by atoms with Crippen LogP contribution in [0.5, 0.6) is 5.75 Å². The summed E-state index contributed by atoms with van der Waals surface area (Å²) in [5.41, 5.74) is 1.87. The lowest BCUT2D eigenvalue weighted by atomic mass is 9.97. The summed E-state index contributed by atoms with van der Waals surface area (Å²) in [6.45, 7) is 6.82. The van der Waals surface area contributed by atoms with Crippen molar-refractivity contribution in [3.05, 3.63) is 35.4 Å². The Morgan fingerprint density at radius 2 is 2.13 bits per heavy atom. The van der Waals surface area contributed by atoms with Crippen LogP contribution in [0.25, 0.3) is 5.70 Å². The summed E-state index contributed by atoms with van der Waals surface area (Å²) in [6.07, 6.45) is 7.37. The average molecular weight is 308 g/mol. The van der Waals surface area contributed by atoms with Crippen LogP contribution in [-0.2, 0) is 0 Å². The van der Waals surface area contributed by atoms with E-state index < -0.39 is 5.60 Å². The molecule has 0 bridgehead atoms. The van der Waals surface area contributed by atoms with Crippen LogP contribution in [0.3, 0.4) is 0 Å². The fraction of sp³-hybridized carbons (Fsp3) is 0.389. The van der Waals surface area contributed by atoms with E-state index in [1.165, 1.54) is 0 Å². The molecule has 0 aromatic heterocycles. The second-order valence-corrected chi connectivity index (χ2v) is 5.95. The van der Waals surface area contributed by atoms with Crippen LogP contribution >= 0.6 is 0 Å². The van der Waals surface area contributed by atoms with Gasteiger partial charge in [0.05, 0.1) is 17.3 Å². The van der Waals surface area contributed by atoms with Gasteiger partial charge in [0.25, 0.3) is 0 Å². The number of nitriles is 2. The molecule has 1 aromatic carbocycles. The van der Waals surface area contributed by atoms with E-state index in [2.05, 4.69) is 18.0 Å². The van der Waals surface area contributed by atoms with E-state index in [1.54, 1.807) is 18.6 Å². The lowest BCUT2D eigenvalue weighted by Gasteiger charge is -2.34. The van der Waals surface area contributed by atoms with Crippen molar-refractivity contribution in [3.8, 4) is 18.0 Å². The predicted octanol–water partition coefficient (Wildman–Crippen LogP) is 3.68. The molecule has 0 saturated carbocycles. The lowest BCUT2D eigenvalue weighted by molar-refractivity contribution is 0.156. The molecule has 0 atom stereocenters. The van der Waals surface area contributed by atoms with Crippen LogP contribution in [0, 0.1) is 22.8 Å². The first kappa shape index (κ1) is 16.6. The summed E-state index contributed by atoms with van der Waals surface area (Å²) in [4.78, 5) is 5.68. The molecule has 0 saturated heterocycles. The summed E-state index contributed by atoms with van der Waals surface area (Å²) in [5.74, 6) is 0.735. The number of hydrogen-bond donors (Lipinski definition) is 0. The van der Waals surface area contributed by atoms with Gasteiger partial charge in [-0.1, -0.05) is 13.3 Å². The molecule has 0 aliphatic carbocycles. The number of unbranched alkanes of at least 4 members (excludes halogenated alkanes) is 1. The topological polar surface area (TPSA) is 72.4 Å². The Morgan fingerprint density at radius 3 is 2.78 bits per heavy atom. The van der Waals surface area contributed by atoms with E-state index in [4.69, 9.17) is 15.3 Å². The first-order chi connectivity index (χ1) is 11.0. The molecule has 1 aliphatic rings. The minimum absolute atomic E-state index is 0.471. The number of hydrogen-bond acceptors (Lipinski definition) is 4. The Bertz CT molecular complexity index is 720. The van der Waals surface area contributed by atoms with Crippen molar-refractivity contribution in [2.45, 2.75) is 39.2 Å². The maximum Gasteiger partial charge on any atom is 0.207 e. The number of benzene rings is 1. The van der Waals surface area contributed by atoms with E-state index in [0.717, 1.165) is 36.4 Å². The summed E-state index contributed by atoms with van der Waals surface area (Å²) in [7, 11) is 0. The van der Waals surface area contributed by atoms with Gasteiger partial charge in [0, 0.05) is 12.1 Å². The second kappa shape index (κ2) is 6.98.